The van der Waals surface area contributed by atoms with Crippen LogP contribution in [0.5, 0.6) is 0 Å². The number of carbonyl (C=O) groups excluding carboxylic acids is 2. The fraction of sp³-hybridized carbons (Fsp3) is 0.571. The number of halogens is 1. The number of nitrogens with one attached hydrogen (secondary N) is 1. The van der Waals surface area contributed by atoms with E-state index in [-0.39, 0.29) is 11.7 Å². The number of hydrogen-bond acceptors (Lipinski definition) is 6. The summed E-state index contributed by atoms with van der Waals surface area (Å²) in [4.78, 5) is 37.7. The number of nitrogens with zero attached hydrogens (tertiary/aromatic N) is 5. The van der Waals surface area contributed by atoms with Crippen LogP contribution in [0.25, 0.3) is 0 Å². The highest BCUT2D eigenvalue weighted by atomic mass is 19.1. The largest absolute Gasteiger partial charge is 0.340 e. The number of rotatable bonds is 4. The lowest BCUT2D eigenvalue weighted by Gasteiger charge is -2.40. The van der Waals surface area contributed by atoms with Crippen LogP contribution in [0.1, 0.15) is 19.4 Å². The van der Waals surface area contributed by atoms with Gasteiger partial charge in [0, 0.05) is 46.3 Å². The Bertz CT molecular complexity index is 834. The minimum Gasteiger partial charge on any atom is -0.340 e. The van der Waals surface area contributed by atoms with Crippen molar-refractivity contribution in [2.75, 3.05) is 39.8 Å². The second-order valence-corrected chi connectivity index (χ2v) is 8.63. The quantitative estimate of drug-likeness (QED) is 0.797. The highest BCUT2D eigenvalue weighted by Gasteiger charge is 2.49. The van der Waals surface area contributed by atoms with E-state index in [0.29, 0.717) is 12.5 Å². The van der Waals surface area contributed by atoms with E-state index >= 15 is 0 Å². The second-order valence-electron chi connectivity index (χ2n) is 8.63. The molecule has 1 N–H and O–H groups in total. The van der Waals surface area contributed by atoms with Gasteiger partial charge in [-0.1, -0.05) is 26.0 Å². The number of likely N-dealkylation sites (N-methyl/N-ethyl adjacent to an activating group) is 1. The Morgan fingerprint density at radius 1 is 1.13 bits per heavy atom. The Balaban J connectivity index is 1.58. The molecule has 0 aromatic heterocycles. The second kappa shape index (κ2) is 8.22. The van der Waals surface area contributed by atoms with Crippen LogP contribution in [0.2, 0.25) is 0 Å². The monoisotopic (exact) mass is 416 g/mol. The van der Waals surface area contributed by atoms with Gasteiger partial charge >= 0.3 is 6.03 Å². The van der Waals surface area contributed by atoms with E-state index in [1.165, 1.54) is 17.0 Å². The molecule has 3 aliphatic heterocycles. The molecule has 8 nitrogen and oxygen atoms in total. The van der Waals surface area contributed by atoms with Gasteiger partial charge in [-0.2, -0.15) is 0 Å². The van der Waals surface area contributed by atoms with Crippen molar-refractivity contribution >= 4 is 17.9 Å². The van der Waals surface area contributed by atoms with Crippen LogP contribution in [0.3, 0.4) is 0 Å². The van der Waals surface area contributed by atoms with Crippen molar-refractivity contribution in [2.45, 2.75) is 32.6 Å². The number of benzene rings is 1. The predicted molar refractivity (Wildman–Crippen MR) is 111 cm³/mol. The molecule has 3 amide bonds. The Hall–Kier alpha value is -2.68. The smallest absolute Gasteiger partial charge is 0.325 e. The fourth-order valence-corrected chi connectivity index (χ4v) is 4.38. The van der Waals surface area contributed by atoms with Gasteiger partial charge in [0.15, 0.2) is 18.2 Å². The van der Waals surface area contributed by atoms with Crippen molar-refractivity contribution in [1.82, 2.24) is 24.9 Å². The first-order chi connectivity index (χ1) is 14.3. The summed E-state index contributed by atoms with van der Waals surface area (Å²) in [5.74, 6) is 0.702. The third kappa shape index (κ3) is 3.98. The van der Waals surface area contributed by atoms with Crippen LogP contribution in [-0.2, 0) is 11.3 Å². The molecule has 1 aromatic rings. The fourth-order valence-electron chi connectivity index (χ4n) is 4.38. The highest BCUT2D eigenvalue weighted by Crippen LogP contribution is 2.27. The van der Waals surface area contributed by atoms with E-state index in [4.69, 9.17) is 4.99 Å². The lowest BCUT2D eigenvalue weighted by molar-refractivity contribution is -0.127. The molecule has 3 aliphatic rings. The summed E-state index contributed by atoms with van der Waals surface area (Å²) in [5, 5.41) is 2.42. The lowest BCUT2D eigenvalue weighted by atomic mass is 10.1. The van der Waals surface area contributed by atoms with Crippen LogP contribution in [0.15, 0.2) is 29.3 Å². The van der Waals surface area contributed by atoms with Crippen molar-refractivity contribution in [2.24, 2.45) is 10.9 Å². The summed E-state index contributed by atoms with van der Waals surface area (Å²) in [6.07, 6.45) is -0.560. The minimum absolute atomic E-state index is 0.297. The lowest BCUT2D eigenvalue weighted by Crippen LogP contribution is -2.64. The zero-order chi connectivity index (χ0) is 21.4. The third-order valence-electron chi connectivity index (χ3n) is 5.88. The topological polar surface area (TPSA) is 71.5 Å². The summed E-state index contributed by atoms with van der Waals surface area (Å²) in [6.45, 7) is 9.39. The molecule has 0 spiro atoms. The van der Waals surface area contributed by atoms with Gasteiger partial charge in [0.05, 0.1) is 0 Å². The molecule has 0 bridgehead atoms. The van der Waals surface area contributed by atoms with Gasteiger partial charge in [0.1, 0.15) is 5.82 Å². The normalized spacial score (nSPS) is 25.0. The van der Waals surface area contributed by atoms with E-state index < -0.39 is 18.2 Å². The molecule has 4 rings (SSSR count). The molecule has 0 radical (unpaired) electrons. The first-order valence-electron chi connectivity index (χ1n) is 10.5. The van der Waals surface area contributed by atoms with Crippen molar-refractivity contribution < 1.29 is 14.0 Å². The zero-order valence-electron chi connectivity index (χ0n) is 17.7. The van der Waals surface area contributed by atoms with Gasteiger partial charge in [0.25, 0.3) is 5.91 Å². The molecule has 1 aromatic carbocycles. The van der Waals surface area contributed by atoms with Gasteiger partial charge in [-0.15, -0.1) is 0 Å². The van der Waals surface area contributed by atoms with Gasteiger partial charge in [-0.05, 0) is 23.6 Å². The molecule has 9 heteroatoms. The number of piperazine rings is 1. The number of imide groups is 1. The van der Waals surface area contributed by atoms with Crippen molar-refractivity contribution in [3.63, 3.8) is 0 Å². The number of fused-ring (bicyclic) bond motifs is 1. The van der Waals surface area contributed by atoms with Crippen LogP contribution < -0.4 is 5.32 Å². The number of hydrogen-bond donors (Lipinski definition) is 1. The number of guanidine groups is 1. The average molecular weight is 417 g/mol. The molecule has 3 heterocycles. The Kier molecular flexibility index (Phi) is 5.64. The van der Waals surface area contributed by atoms with E-state index in [9.17, 15) is 14.0 Å². The van der Waals surface area contributed by atoms with Crippen LogP contribution in [0.4, 0.5) is 9.18 Å². The van der Waals surface area contributed by atoms with Gasteiger partial charge in [-0.25, -0.2) is 14.2 Å². The average Bonchev–Trinajstić information content (AvgIpc) is 3.08. The highest BCUT2D eigenvalue weighted by molar-refractivity contribution is 6.03. The maximum Gasteiger partial charge on any atom is 0.325 e. The number of amides is 3. The molecule has 2 saturated heterocycles. The van der Waals surface area contributed by atoms with Crippen molar-refractivity contribution in [3.05, 3.63) is 35.6 Å². The summed E-state index contributed by atoms with van der Waals surface area (Å²) in [7, 11) is 1.66. The minimum atomic E-state index is -0.596. The Labute approximate surface area is 176 Å². The first-order valence-corrected chi connectivity index (χ1v) is 10.5. The van der Waals surface area contributed by atoms with Crippen LogP contribution in [0, 0.1) is 11.7 Å². The molecule has 0 aliphatic carbocycles. The Morgan fingerprint density at radius 2 is 1.80 bits per heavy atom. The first kappa shape index (κ1) is 20.6. The Morgan fingerprint density at radius 3 is 2.43 bits per heavy atom. The molecular weight excluding hydrogens is 387 g/mol. The van der Waals surface area contributed by atoms with Gasteiger partial charge in [-0.3, -0.25) is 15.0 Å². The van der Waals surface area contributed by atoms with E-state index in [0.717, 1.165) is 44.2 Å². The van der Waals surface area contributed by atoms with Gasteiger partial charge in [0.2, 0.25) is 0 Å². The van der Waals surface area contributed by atoms with Gasteiger partial charge < -0.3 is 14.7 Å². The SMILES string of the molecule is CC(C)CN1CCN(C2=NC3C(C(=O)NC(=O)N3C)N2Cc2ccc(F)cc2)CC1. The molecule has 2 unspecified atom stereocenters. The maximum atomic E-state index is 13.4. The molecule has 30 heavy (non-hydrogen) atoms. The molecule has 2 fully saturated rings. The number of aliphatic imine (C=N–C) groups is 1. The number of urea groups is 1. The van der Waals surface area contributed by atoms with Crippen LogP contribution in [-0.4, -0.2) is 89.5 Å². The molecular formula is C21H29FN6O2. The van der Waals surface area contributed by atoms with Crippen molar-refractivity contribution in [3.8, 4) is 0 Å². The van der Waals surface area contributed by atoms with E-state index in [1.54, 1.807) is 19.2 Å². The summed E-state index contributed by atoms with van der Waals surface area (Å²) in [6, 6.07) is 5.24. The number of carbonyl (C=O) groups is 2. The van der Waals surface area contributed by atoms with E-state index in [2.05, 4.69) is 29.0 Å². The third-order valence-corrected chi connectivity index (χ3v) is 5.88. The van der Waals surface area contributed by atoms with E-state index in [1.807, 2.05) is 4.90 Å². The maximum absolute atomic E-state index is 13.4. The summed E-state index contributed by atoms with van der Waals surface area (Å²) in [5.41, 5.74) is 0.885. The molecule has 2 atom stereocenters. The zero-order valence-corrected chi connectivity index (χ0v) is 17.7. The summed E-state index contributed by atoms with van der Waals surface area (Å²) >= 11 is 0. The molecule has 162 valence electrons. The predicted octanol–water partition coefficient (Wildman–Crippen LogP) is 1.15. The van der Waals surface area contributed by atoms with Crippen LogP contribution >= 0.6 is 0 Å². The molecule has 0 saturated carbocycles. The van der Waals surface area contributed by atoms with Crippen molar-refractivity contribution in [1.29, 1.82) is 0 Å². The standard InChI is InChI=1S/C21H29FN6O2/c1-14(2)12-26-8-10-27(11-9-26)20-23-18-17(19(29)24-21(30)25(18)3)28(20)13-15-4-6-16(22)7-5-15/h4-7,14,17-18H,8-13H2,1-3H3,(H,24,29,30). The summed E-state index contributed by atoms with van der Waals surface area (Å²) < 4.78 is 13.4.